The summed E-state index contributed by atoms with van der Waals surface area (Å²) in [5.41, 5.74) is 3.38. The molecule has 33 heavy (non-hydrogen) atoms. The van der Waals surface area contributed by atoms with Gasteiger partial charge in [0.2, 0.25) is 5.91 Å². The van der Waals surface area contributed by atoms with Crippen molar-refractivity contribution in [3.63, 3.8) is 0 Å². The molecule has 2 aromatic heterocycles. The average molecular weight is 462 g/mol. The Morgan fingerprint density at radius 1 is 1.12 bits per heavy atom. The second kappa shape index (κ2) is 9.58. The Balaban J connectivity index is 1.67. The number of hydrogen-bond acceptors (Lipinski definition) is 5. The Kier molecular flexibility index (Phi) is 6.60. The fraction of sp³-hybridized carbons (Fsp3) is 0.269. The van der Waals surface area contributed by atoms with E-state index >= 15 is 0 Å². The van der Waals surface area contributed by atoms with Crippen LogP contribution in [-0.4, -0.2) is 22.1 Å². The number of thiophene rings is 1. The predicted molar refractivity (Wildman–Crippen MR) is 134 cm³/mol. The van der Waals surface area contributed by atoms with E-state index in [1.54, 1.807) is 19.1 Å². The SMILES string of the molecule is CCOc1ccccc1NC(=O)C(C)n1cnc2scc(-c3ccc(C(C)C)cc3)c2c1=O. The summed E-state index contributed by atoms with van der Waals surface area (Å²) in [6, 6.07) is 14.7. The van der Waals surface area contributed by atoms with Crippen LogP contribution in [0.4, 0.5) is 5.69 Å². The first-order valence-corrected chi connectivity index (χ1v) is 11.9. The zero-order chi connectivity index (χ0) is 23.5. The van der Waals surface area contributed by atoms with E-state index in [1.165, 1.54) is 27.8 Å². The number of benzene rings is 2. The molecule has 0 radical (unpaired) electrons. The third-order valence-electron chi connectivity index (χ3n) is 5.65. The van der Waals surface area contributed by atoms with Gasteiger partial charge in [-0.25, -0.2) is 4.98 Å². The average Bonchev–Trinajstić information content (AvgIpc) is 3.25. The molecule has 1 N–H and O–H groups in total. The summed E-state index contributed by atoms with van der Waals surface area (Å²) in [7, 11) is 0. The topological polar surface area (TPSA) is 73.2 Å². The molecule has 0 bridgehead atoms. The summed E-state index contributed by atoms with van der Waals surface area (Å²) >= 11 is 1.43. The highest BCUT2D eigenvalue weighted by atomic mass is 32.1. The standard InChI is InChI=1S/C26H27N3O3S/c1-5-32-22-9-7-6-8-21(22)28-24(30)17(4)29-15-27-25-23(26(29)31)20(14-33-25)19-12-10-18(11-13-19)16(2)3/h6-17H,5H2,1-4H3,(H,28,30). The van der Waals surface area contributed by atoms with E-state index in [9.17, 15) is 9.59 Å². The van der Waals surface area contributed by atoms with Crippen LogP contribution in [0.5, 0.6) is 5.75 Å². The molecule has 4 aromatic rings. The van der Waals surface area contributed by atoms with Crippen LogP contribution in [0.3, 0.4) is 0 Å². The molecule has 0 aliphatic carbocycles. The fourth-order valence-electron chi connectivity index (χ4n) is 3.70. The number of nitrogens with zero attached hydrogens (tertiary/aromatic N) is 2. The first-order chi connectivity index (χ1) is 15.9. The number of carbonyl (C=O) groups excluding carboxylic acids is 1. The number of aromatic nitrogens is 2. The largest absolute Gasteiger partial charge is 0.492 e. The second-order valence-electron chi connectivity index (χ2n) is 8.16. The van der Waals surface area contributed by atoms with Crippen LogP contribution in [0.15, 0.2) is 65.0 Å². The lowest BCUT2D eigenvalue weighted by atomic mass is 9.99. The van der Waals surface area contributed by atoms with E-state index in [0.717, 1.165) is 11.1 Å². The normalized spacial score (nSPS) is 12.2. The van der Waals surface area contributed by atoms with Crippen LogP contribution in [0.25, 0.3) is 21.3 Å². The number of nitrogens with one attached hydrogen (secondary N) is 1. The third kappa shape index (κ3) is 4.54. The van der Waals surface area contributed by atoms with Gasteiger partial charge in [0.1, 0.15) is 16.6 Å². The van der Waals surface area contributed by atoms with Crippen LogP contribution in [-0.2, 0) is 4.79 Å². The lowest BCUT2D eigenvalue weighted by Gasteiger charge is -2.17. The van der Waals surface area contributed by atoms with Crippen molar-refractivity contribution in [3.8, 4) is 16.9 Å². The molecule has 0 aliphatic heterocycles. The predicted octanol–water partition coefficient (Wildman–Crippen LogP) is 5.85. The minimum absolute atomic E-state index is 0.232. The van der Waals surface area contributed by atoms with Crippen molar-refractivity contribution >= 4 is 33.1 Å². The van der Waals surface area contributed by atoms with Gasteiger partial charge in [0.15, 0.2) is 0 Å². The van der Waals surface area contributed by atoms with E-state index in [0.29, 0.717) is 34.2 Å². The van der Waals surface area contributed by atoms with Gasteiger partial charge in [-0.1, -0.05) is 50.2 Å². The minimum atomic E-state index is -0.750. The Bertz CT molecular complexity index is 1340. The van der Waals surface area contributed by atoms with Gasteiger partial charge in [-0.15, -0.1) is 11.3 Å². The van der Waals surface area contributed by atoms with Crippen LogP contribution in [0, 0.1) is 0 Å². The molecular weight excluding hydrogens is 434 g/mol. The summed E-state index contributed by atoms with van der Waals surface area (Å²) in [5, 5.41) is 5.37. The van der Waals surface area contributed by atoms with Crippen LogP contribution in [0.2, 0.25) is 0 Å². The maximum absolute atomic E-state index is 13.5. The van der Waals surface area contributed by atoms with Gasteiger partial charge < -0.3 is 10.1 Å². The summed E-state index contributed by atoms with van der Waals surface area (Å²) in [4.78, 5) is 31.6. The molecule has 1 amide bonds. The van der Waals surface area contributed by atoms with Gasteiger partial charge in [0, 0.05) is 10.9 Å². The number of amides is 1. The quantitative estimate of drug-likeness (QED) is 0.375. The third-order valence-corrected chi connectivity index (χ3v) is 6.54. The number of fused-ring (bicyclic) bond motifs is 1. The summed E-state index contributed by atoms with van der Waals surface area (Å²) < 4.78 is 6.98. The smallest absolute Gasteiger partial charge is 0.263 e. The maximum atomic E-state index is 13.5. The summed E-state index contributed by atoms with van der Waals surface area (Å²) in [5.74, 6) is 0.708. The van der Waals surface area contributed by atoms with Gasteiger partial charge in [0.05, 0.1) is 24.0 Å². The Morgan fingerprint density at radius 3 is 2.55 bits per heavy atom. The Hall–Kier alpha value is -3.45. The van der Waals surface area contributed by atoms with Crippen molar-refractivity contribution in [2.75, 3.05) is 11.9 Å². The summed E-state index contributed by atoms with van der Waals surface area (Å²) in [6.07, 6.45) is 1.45. The highest BCUT2D eigenvalue weighted by Gasteiger charge is 2.21. The molecule has 2 heterocycles. The monoisotopic (exact) mass is 461 g/mol. The number of ether oxygens (including phenoxy) is 1. The molecular formula is C26H27N3O3S. The van der Waals surface area contributed by atoms with Gasteiger partial charge in [-0.05, 0) is 43.0 Å². The van der Waals surface area contributed by atoms with E-state index in [2.05, 4.69) is 36.3 Å². The van der Waals surface area contributed by atoms with Crippen molar-refractivity contribution in [1.29, 1.82) is 0 Å². The van der Waals surface area contributed by atoms with Crippen molar-refractivity contribution in [3.05, 3.63) is 76.2 Å². The van der Waals surface area contributed by atoms with Crippen molar-refractivity contribution < 1.29 is 9.53 Å². The zero-order valence-electron chi connectivity index (χ0n) is 19.2. The van der Waals surface area contributed by atoms with Gasteiger partial charge in [-0.2, -0.15) is 0 Å². The molecule has 1 unspecified atom stereocenters. The number of para-hydroxylation sites is 2. The van der Waals surface area contributed by atoms with Crippen molar-refractivity contribution in [2.45, 2.75) is 39.7 Å². The molecule has 0 saturated heterocycles. The molecule has 0 fully saturated rings. The fourth-order valence-corrected chi connectivity index (χ4v) is 4.60. The van der Waals surface area contributed by atoms with Crippen LogP contribution >= 0.6 is 11.3 Å². The van der Waals surface area contributed by atoms with E-state index in [-0.39, 0.29) is 11.5 Å². The maximum Gasteiger partial charge on any atom is 0.263 e. The molecule has 0 aliphatic rings. The first-order valence-electron chi connectivity index (χ1n) is 11.0. The molecule has 1 atom stereocenters. The first kappa shape index (κ1) is 22.7. The lowest BCUT2D eigenvalue weighted by molar-refractivity contribution is -0.118. The highest BCUT2D eigenvalue weighted by Crippen LogP contribution is 2.32. The number of carbonyl (C=O) groups is 1. The molecule has 2 aromatic carbocycles. The van der Waals surface area contributed by atoms with Crippen LogP contribution < -0.4 is 15.6 Å². The molecule has 7 heteroatoms. The van der Waals surface area contributed by atoms with E-state index in [4.69, 9.17) is 4.74 Å². The van der Waals surface area contributed by atoms with Gasteiger partial charge in [0.25, 0.3) is 5.56 Å². The van der Waals surface area contributed by atoms with Crippen molar-refractivity contribution in [1.82, 2.24) is 9.55 Å². The molecule has 0 saturated carbocycles. The van der Waals surface area contributed by atoms with Crippen molar-refractivity contribution in [2.24, 2.45) is 0 Å². The highest BCUT2D eigenvalue weighted by molar-refractivity contribution is 7.17. The Morgan fingerprint density at radius 2 is 1.85 bits per heavy atom. The minimum Gasteiger partial charge on any atom is -0.492 e. The summed E-state index contributed by atoms with van der Waals surface area (Å²) in [6.45, 7) is 8.36. The molecule has 0 spiro atoms. The number of anilines is 1. The van der Waals surface area contributed by atoms with Gasteiger partial charge >= 0.3 is 0 Å². The van der Waals surface area contributed by atoms with E-state index in [1.807, 2.05) is 36.6 Å². The van der Waals surface area contributed by atoms with Gasteiger partial charge in [-0.3, -0.25) is 14.2 Å². The Labute approximate surface area is 196 Å². The van der Waals surface area contributed by atoms with Crippen LogP contribution in [0.1, 0.15) is 45.2 Å². The second-order valence-corrected chi connectivity index (χ2v) is 9.02. The number of hydrogen-bond donors (Lipinski definition) is 1. The molecule has 6 nitrogen and oxygen atoms in total. The van der Waals surface area contributed by atoms with E-state index < -0.39 is 6.04 Å². The number of rotatable bonds is 7. The molecule has 170 valence electrons. The molecule has 4 rings (SSSR count). The zero-order valence-corrected chi connectivity index (χ0v) is 20.0. The lowest BCUT2D eigenvalue weighted by Crippen LogP contribution is -2.31.